The monoisotopic (exact) mass is 427 g/mol. The third-order valence-corrected chi connectivity index (χ3v) is 7.39. The first kappa shape index (κ1) is 20.2. The van der Waals surface area contributed by atoms with Crippen molar-refractivity contribution in [2.45, 2.75) is 51.6 Å². The molecule has 0 atom stereocenters. The van der Waals surface area contributed by atoms with Gasteiger partial charge >= 0.3 is 0 Å². The molecule has 4 rings (SSSR count). The van der Waals surface area contributed by atoms with Gasteiger partial charge in [0, 0.05) is 11.4 Å². The fourth-order valence-corrected chi connectivity index (χ4v) is 5.97. The summed E-state index contributed by atoms with van der Waals surface area (Å²) in [6, 6.07) is 6.10. The second-order valence-electron chi connectivity index (χ2n) is 7.46. The molecule has 0 fully saturated rings. The maximum absolute atomic E-state index is 13.7. The van der Waals surface area contributed by atoms with Crippen LogP contribution in [0.15, 0.2) is 28.2 Å². The Balaban J connectivity index is 1.93. The lowest BCUT2D eigenvalue weighted by molar-refractivity contribution is -0.118. The van der Waals surface area contributed by atoms with Crippen LogP contribution in [0.25, 0.3) is 15.9 Å². The SMILES string of the molecule is CCNC(=O)CSc1nc2sc3c(c2c(=O)n1-c1cc(C)ccc1C)CCCC3. The largest absolute Gasteiger partial charge is 0.356 e. The van der Waals surface area contributed by atoms with E-state index >= 15 is 0 Å². The average molecular weight is 428 g/mol. The molecular weight excluding hydrogens is 402 g/mol. The van der Waals surface area contributed by atoms with E-state index in [2.05, 4.69) is 5.32 Å². The molecule has 0 unspecified atom stereocenters. The molecule has 3 aromatic rings. The highest BCUT2D eigenvalue weighted by molar-refractivity contribution is 7.99. The van der Waals surface area contributed by atoms with Gasteiger partial charge < -0.3 is 5.32 Å². The van der Waals surface area contributed by atoms with Gasteiger partial charge in [0.15, 0.2) is 5.16 Å². The highest BCUT2D eigenvalue weighted by Gasteiger charge is 2.23. The van der Waals surface area contributed by atoms with Crippen molar-refractivity contribution in [3.63, 3.8) is 0 Å². The van der Waals surface area contributed by atoms with Gasteiger partial charge in [-0.25, -0.2) is 4.98 Å². The van der Waals surface area contributed by atoms with Crippen molar-refractivity contribution in [2.24, 2.45) is 0 Å². The number of benzene rings is 1. The molecular formula is C22H25N3O2S2. The minimum Gasteiger partial charge on any atom is -0.356 e. The summed E-state index contributed by atoms with van der Waals surface area (Å²) < 4.78 is 1.72. The van der Waals surface area contributed by atoms with E-state index in [0.29, 0.717) is 11.7 Å². The molecule has 0 saturated carbocycles. The van der Waals surface area contributed by atoms with Crippen molar-refractivity contribution in [1.82, 2.24) is 14.9 Å². The Morgan fingerprint density at radius 1 is 1.28 bits per heavy atom. The number of hydrogen-bond donors (Lipinski definition) is 1. The number of aryl methyl sites for hydroxylation is 4. The van der Waals surface area contributed by atoms with E-state index < -0.39 is 0 Å². The first-order valence-electron chi connectivity index (χ1n) is 10.0. The van der Waals surface area contributed by atoms with E-state index in [1.807, 2.05) is 39.0 Å². The third-order valence-electron chi connectivity index (χ3n) is 5.27. The molecule has 1 aliphatic carbocycles. The zero-order chi connectivity index (χ0) is 20.5. The molecule has 1 aromatic carbocycles. The van der Waals surface area contributed by atoms with E-state index in [1.54, 1.807) is 15.9 Å². The van der Waals surface area contributed by atoms with Gasteiger partial charge in [0.2, 0.25) is 5.91 Å². The van der Waals surface area contributed by atoms with Crippen LogP contribution >= 0.6 is 23.1 Å². The Morgan fingerprint density at radius 2 is 2.07 bits per heavy atom. The van der Waals surface area contributed by atoms with Crippen LogP contribution in [0.2, 0.25) is 0 Å². The summed E-state index contributed by atoms with van der Waals surface area (Å²) in [7, 11) is 0. The molecule has 0 radical (unpaired) electrons. The molecule has 29 heavy (non-hydrogen) atoms. The summed E-state index contributed by atoms with van der Waals surface area (Å²) in [6.45, 7) is 6.52. The van der Waals surface area contributed by atoms with Gasteiger partial charge in [0.05, 0.1) is 16.8 Å². The minimum atomic E-state index is -0.0511. The maximum Gasteiger partial charge on any atom is 0.267 e. The summed E-state index contributed by atoms with van der Waals surface area (Å²) in [5.41, 5.74) is 4.13. The van der Waals surface area contributed by atoms with Gasteiger partial charge in [-0.05, 0) is 69.2 Å². The number of carbonyl (C=O) groups is 1. The fourth-order valence-electron chi connectivity index (χ4n) is 3.83. The van der Waals surface area contributed by atoms with Gasteiger partial charge in [0.25, 0.3) is 5.56 Å². The number of fused-ring (bicyclic) bond motifs is 3. The van der Waals surface area contributed by atoms with Gasteiger partial charge in [-0.1, -0.05) is 23.9 Å². The fraction of sp³-hybridized carbons (Fsp3) is 0.409. The molecule has 0 saturated heterocycles. The first-order chi connectivity index (χ1) is 14.0. The Bertz CT molecular complexity index is 1150. The molecule has 1 amide bonds. The number of nitrogens with zero attached hydrogens (tertiary/aromatic N) is 2. The average Bonchev–Trinajstić information content (AvgIpc) is 3.07. The number of rotatable bonds is 5. The number of aromatic nitrogens is 2. The summed E-state index contributed by atoms with van der Waals surface area (Å²) in [5.74, 6) is 0.187. The number of hydrogen-bond acceptors (Lipinski definition) is 5. The highest BCUT2D eigenvalue weighted by atomic mass is 32.2. The Hall–Kier alpha value is -2.12. The van der Waals surface area contributed by atoms with Gasteiger partial charge in [-0.3, -0.25) is 14.2 Å². The number of carbonyl (C=O) groups excluding carboxylic acids is 1. The number of thiophene rings is 1. The number of amides is 1. The number of nitrogens with one attached hydrogen (secondary N) is 1. The lowest BCUT2D eigenvalue weighted by atomic mass is 9.97. The molecule has 152 valence electrons. The Morgan fingerprint density at radius 3 is 2.86 bits per heavy atom. The summed E-state index contributed by atoms with van der Waals surface area (Å²) >= 11 is 2.97. The van der Waals surface area contributed by atoms with Crippen LogP contribution in [-0.2, 0) is 17.6 Å². The summed E-state index contributed by atoms with van der Waals surface area (Å²) in [5, 5.41) is 4.17. The van der Waals surface area contributed by atoms with Crippen LogP contribution in [0.3, 0.4) is 0 Å². The lowest BCUT2D eigenvalue weighted by Crippen LogP contribution is -2.26. The van der Waals surface area contributed by atoms with Crippen molar-refractivity contribution in [2.75, 3.05) is 12.3 Å². The topological polar surface area (TPSA) is 64.0 Å². The zero-order valence-electron chi connectivity index (χ0n) is 17.0. The Kier molecular flexibility index (Phi) is 5.79. The standard InChI is InChI=1S/C22H25N3O2S2/c1-4-23-18(26)12-28-22-24-20-19(15-7-5-6-8-17(15)29-20)21(27)25(22)16-11-13(2)9-10-14(16)3/h9-11H,4-8,12H2,1-3H3,(H,23,26). The molecule has 2 heterocycles. The molecule has 5 nitrogen and oxygen atoms in total. The second kappa shape index (κ2) is 8.32. The molecule has 0 spiro atoms. The van der Waals surface area contributed by atoms with Crippen LogP contribution < -0.4 is 10.9 Å². The predicted octanol–water partition coefficient (Wildman–Crippen LogP) is 4.17. The van der Waals surface area contributed by atoms with E-state index in [1.165, 1.54) is 28.6 Å². The smallest absolute Gasteiger partial charge is 0.267 e. The minimum absolute atomic E-state index is 0.0125. The molecule has 1 aliphatic rings. The van der Waals surface area contributed by atoms with Gasteiger partial charge in [0.1, 0.15) is 4.83 Å². The van der Waals surface area contributed by atoms with E-state index in [-0.39, 0.29) is 17.2 Å². The van der Waals surface area contributed by atoms with Crippen molar-refractivity contribution >= 4 is 39.2 Å². The van der Waals surface area contributed by atoms with Gasteiger partial charge in [-0.2, -0.15) is 0 Å². The molecule has 1 N–H and O–H groups in total. The normalized spacial score (nSPS) is 13.5. The summed E-state index contributed by atoms with van der Waals surface area (Å²) in [6.07, 6.45) is 4.27. The quantitative estimate of drug-likeness (QED) is 0.490. The van der Waals surface area contributed by atoms with Crippen LogP contribution in [0.4, 0.5) is 0 Å². The van der Waals surface area contributed by atoms with Crippen molar-refractivity contribution in [3.8, 4) is 5.69 Å². The zero-order valence-corrected chi connectivity index (χ0v) is 18.6. The van der Waals surface area contributed by atoms with Crippen LogP contribution in [-0.4, -0.2) is 27.8 Å². The summed E-state index contributed by atoms with van der Waals surface area (Å²) in [4.78, 5) is 32.8. The third kappa shape index (κ3) is 3.85. The maximum atomic E-state index is 13.7. The van der Waals surface area contributed by atoms with Gasteiger partial charge in [-0.15, -0.1) is 11.3 Å². The van der Waals surface area contributed by atoms with E-state index in [9.17, 15) is 9.59 Å². The molecule has 7 heteroatoms. The first-order valence-corrected chi connectivity index (χ1v) is 11.8. The van der Waals surface area contributed by atoms with E-state index in [4.69, 9.17) is 4.98 Å². The second-order valence-corrected chi connectivity index (χ2v) is 9.48. The van der Waals surface area contributed by atoms with Crippen molar-refractivity contribution < 1.29 is 4.79 Å². The van der Waals surface area contributed by atoms with Crippen LogP contribution in [0, 0.1) is 13.8 Å². The van der Waals surface area contributed by atoms with Crippen molar-refractivity contribution in [3.05, 3.63) is 50.1 Å². The molecule has 0 aliphatic heterocycles. The van der Waals surface area contributed by atoms with Crippen molar-refractivity contribution in [1.29, 1.82) is 0 Å². The molecule has 0 bridgehead atoms. The van der Waals surface area contributed by atoms with E-state index in [0.717, 1.165) is 46.3 Å². The molecule has 2 aromatic heterocycles. The number of thioether (sulfide) groups is 1. The van der Waals surface area contributed by atoms with Crippen LogP contribution in [0.1, 0.15) is 41.3 Å². The highest BCUT2D eigenvalue weighted by Crippen LogP contribution is 2.35. The Labute approximate surface area is 178 Å². The van der Waals surface area contributed by atoms with Crippen LogP contribution in [0.5, 0.6) is 0 Å². The predicted molar refractivity (Wildman–Crippen MR) is 121 cm³/mol. The lowest BCUT2D eigenvalue weighted by Gasteiger charge is -2.16.